The summed E-state index contributed by atoms with van der Waals surface area (Å²) in [6.07, 6.45) is 2.03. The topological polar surface area (TPSA) is 56.3 Å². The second kappa shape index (κ2) is 4.50. The number of hydrogen-bond acceptors (Lipinski definition) is 4. The van der Waals surface area contributed by atoms with E-state index in [-0.39, 0.29) is 11.6 Å². The van der Waals surface area contributed by atoms with E-state index < -0.39 is 6.10 Å². The maximum atomic E-state index is 11.0. The Bertz CT molecular complexity index is 320. The molecule has 0 aliphatic carbocycles. The molecule has 0 aromatic carbocycles. The lowest BCUT2D eigenvalue weighted by atomic mass is 10.2. The minimum absolute atomic E-state index is 0.304. The first-order valence-corrected chi connectivity index (χ1v) is 4.19. The molecule has 0 bridgehead atoms. The molecule has 0 fully saturated rings. The van der Waals surface area contributed by atoms with E-state index in [1.165, 1.54) is 20.0 Å². The second-order valence-corrected chi connectivity index (χ2v) is 2.91. The highest BCUT2D eigenvalue weighted by Crippen LogP contribution is 2.10. The minimum atomic E-state index is -1.01. The molecular weight excluding hydrogens is 182 g/mol. The summed E-state index contributed by atoms with van der Waals surface area (Å²) in [6, 6.07) is 3.32. The normalized spacial score (nSPS) is 9.93. The van der Waals surface area contributed by atoms with Crippen molar-refractivity contribution in [3.05, 3.63) is 24.5 Å². The van der Waals surface area contributed by atoms with Crippen molar-refractivity contribution in [3.63, 3.8) is 0 Å². The average molecular weight is 193 g/mol. The molecule has 1 heterocycles. The van der Waals surface area contributed by atoms with Gasteiger partial charge in [0.1, 0.15) is 5.75 Å². The van der Waals surface area contributed by atoms with E-state index >= 15 is 0 Å². The van der Waals surface area contributed by atoms with Gasteiger partial charge in [-0.05, 0) is 26.0 Å². The number of aromatic nitrogens is 1. The standard InChI is InChI=1S/C10H11NO3/c1-7(12)10(8(2)13)14-9-4-3-5-11-6-9/h3-6,10H,1-2H3. The molecule has 0 N–H and O–H groups in total. The van der Waals surface area contributed by atoms with Crippen molar-refractivity contribution >= 4 is 11.6 Å². The van der Waals surface area contributed by atoms with Crippen LogP contribution in [-0.4, -0.2) is 22.7 Å². The molecule has 74 valence electrons. The van der Waals surface area contributed by atoms with E-state index in [0.717, 1.165) is 0 Å². The summed E-state index contributed by atoms with van der Waals surface area (Å²) >= 11 is 0. The van der Waals surface area contributed by atoms with E-state index in [9.17, 15) is 9.59 Å². The predicted molar refractivity (Wildman–Crippen MR) is 50.0 cm³/mol. The molecule has 0 saturated heterocycles. The Morgan fingerprint density at radius 3 is 2.43 bits per heavy atom. The van der Waals surface area contributed by atoms with E-state index in [2.05, 4.69) is 4.98 Å². The van der Waals surface area contributed by atoms with Crippen LogP contribution in [-0.2, 0) is 9.59 Å². The fraction of sp³-hybridized carbons (Fsp3) is 0.300. The van der Waals surface area contributed by atoms with Gasteiger partial charge in [-0.25, -0.2) is 0 Å². The Morgan fingerprint density at radius 1 is 1.36 bits per heavy atom. The molecule has 0 radical (unpaired) electrons. The molecule has 0 spiro atoms. The molecule has 0 aliphatic heterocycles. The first-order chi connectivity index (χ1) is 6.61. The van der Waals surface area contributed by atoms with Gasteiger partial charge in [-0.3, -0.25) is 14.6 Å². The van der Waals surface area contributed by atoms with Crippen LogP contribution in [0.3, 0.4) is 0 Å². The number of nitrogens with zero attached hydrogens (tertiary/aromatic N) is 1. The van der Waals surface area contributed by atoms with Gasteiger partial charge in [0.2, 0.25) is 6.10 Å². The summed E-state index contributed by atoms with van der Waals surface area (Å²) in [6.45, 7) is 2.64. The monoisotopic (exact) mass is 193 g/mol. The van der Waals surface area contributed by atoms with Crippen LogP contribution < -0.4 is 4.74 Å². The maximum absolute atomic E-state index is 11.0. The van der Waals surface area contributed by atoms with Crippen LogP contribution in [0.5, 0.6) is 5.75 Å². The van der Waals surface area contributed by atoms with Gasteiger partial charge in [-0.2, -0.15) is 0 Å². The first-order valence-electron chi connectivity index (χ1n) is 4.19. The molecular formula is C10H11NO3. The quantitative estimate of drug-likeness (QED) is 0.669. The Hall–Kier alpha value is -1.71. The van der Waals surface area contributed by atoms with E-state index in [1.807, 2.05) is 0 Å². The largest absolute Gasteiger partial charge is 0.473 e. The summed E-state index contributed by atoms with van der Waals surface area (Å²) in [4.78, 5) is 25.9. The summed E-state index contributed by atoms with van der Waals surface area (Å²) in [5, 5.41) is 0. The Labute approximate surface area is 81.9 Å². The fourth-order valence-corrected chi connectivity index (χ4v) is 1.01. The van der Waals surface area contributed by atoms with Gasteiger partial charge in [0, 0.05) is 6.20 Å². The van der Waals surface area contributed by atoms with Crippen LogP contribution in [0.1, 0.15) is 13.8 Å². The lowest BCUT2D eigenvalue weighted by molar-refractivity contribution is -0.134. The van der Waals surface area contributed by atoms with Crippen LogP contribution in [0.15, 0.2) is 24.5 Å². The van der Waals surface area contributed by atoms with Crippen LogP contribution in [0.25, 0.3) is 0 Å². The molecule has 14 heavy (non-hydrogen) atoms. The number of pyridine rings is 1. The highest BCUT2D eigenvalue weighted by atomic mass is 16.5. The van der Waals surface area contributed by atoms with Gasteiger partial charge >= 0.3 is 0 Å². The fourth-order valence-electron chi connectivity index (χ4n) is 1.01. The minimum Gasteiger partial charge on any atom is -0.473 e. The molecule has 1 rings (SSSR count). The molecule has 0 atom stereocenters. The Morgan fingerprint density at radius 2 is 2.00 bits per heavy atom. The van der Waals surface area contributed by atoms with Crippen LogP contribution >= 0.6 is 0 Å². The number of hydrogen-bond donors (Lipinski definition) is 0. The number of Topliss-reactive ketones (excluding diaryl/α,β-unsaturated/α-hetero) is 2. The van der Waals surface area contributed by atoms with Crippen molar-refractivity contribution in [3.8, 4) is 5.75 Å². The van der Waals surface area contributed by atoms with Gasteiger partial charge in [0.15, 0.2) is 11.6 Å². The number of ketones is 2. The number of carbonyl (C=O) groups excluding carboxylic acids is 2. The van der Waals surface area contributed by atoms with Gasteiger partial charge < -0.3 is 4.74 Å². The van der Waals surface area contributed by atoms with Crippen LogP contribution in [0.4, 0.5) is 0 Å². The summed E-state index contributed by atoms with van der Waals surface area (Å²) in [7, 11) is 0. The second-order valence-electron chi connectivity index (χ2n) is 2.91. The third-order valence-corrected chi connectivity index (χ3v) is 1.63. The highest BCUT2D eigenvalue weighted by molar-refractivity contribution is 6.03. The third kappa shape index (κ3) is 2.65. The molecule has 0 amide bonds. The van der Waals surface area contributed by atoms with Crippen molar-refractivity contribution in [2.24, 2.45) is 0 Å². The SMILES string of the molecule is CC(=O)C(Oc1cccnc1)C(C)=O. The molecule has 1 aromatic rings. The Balaban J connectivity index is 2.75. The zero-order valence-corrected chi connectivity index (χ0v) is 8.06. The highest BCUT2D eigenvalue weighted by Gasteiger charge is 2.21. The van der Waals surface area contributed by atoms with Gasteiger partial charge in [0.05, 0.1) is 6.20 Å². The lowest BCUT2D eigenvalue weighted by Gasteiger charge is -2.12. The van der Waals surface area contributed by atoms with Gasteiger partial charge in [-0.15, -0.1) is 0 Å². The molecule has 4 heteroatoms. The third-order valence-electron chi connectivity index (χ3n) is 1.63. The number of ether oxygens (including phenoxy) is 1. The van der Waals surface area contributed by atoms with Gasteiger partial charge in [0.25, 0.3) is 0 Å². The zero-order valence-electron chi connectivity index (χ0n) is 8.06. The Kier molecular flexibility index (Phi) is 3.34. The van der Waals surface area contributed by atoms with Crippen molar-refractivity contribution in [1.29, 1.82) is 0 Å². The van der Waals surface area contributed by atoms with E-state index in [1.54, 1.807) is 18.3 Å². The number of carbonyl (C=O) groups is 2. The first kappa shape index (κ1) is 10.4. The average Bonchev–Trinajstić information content (AvgIpc) is 2.15. The van der Waals surface area contributed by atoms with E-state index in [4.69, 9.17) is 4.74 Å². The molecule has 1 aromatic heterocycles. The molecule has 0 saturated carbocycles. The zero-order chi connectivity index (χ0) is 10.6. The smallest absolute Gasteiger partial charge is 0.214 e. The molecule has 0 unspecified atom stereocenters. The van der Waals surface area contributed by atoms with Crippen molar-refractivity contribution in [2.75, 3.05) is 0 Å². The maximum Gasteiger partial charge on any atom is 0.214 e. The summed E-state index contributed by atoms with van der Waals surface area (Å²) < 4.78 is 5.18. The van der Waals surface area contributed by atoms with Crippen molar-refractivity contribution < 1.29 is 14.3 Å². The van der Waals surface area contributed by atoms with Crippen molar-refractivity contribution in [1.82, 2.24) is 4.98 Å². The molecule has 4 nitrogen and oxygen atoms in total. The summed E-state index contributed by atoms with van der Waals surface area (Å²) in [5.74, 6) is -0.189. The summed E-state index contributed by atoms with van der Waals surface area (Å²) in [5.41, 5.74) is 0. The number of rotatable bonds is 4. The predicted octanol–water partition coefficient (Wildman–Crippen LogP) is 1.01. The van der Waals surface area contributed by atoms with Crippen molar-refractivity contribution in [2.45, 2.75) is 20.0 Å². The van der Waals surface area contributed by atoms with Gasteiger partial charge in [-0.1, -0.05) is 0 Å². The van der Waals surface area contributed by atoms with E-state index in [0.29, 0.717) is 5.75 Å². The molecule has 0 aliphatic rings. The lowest BCUT2D eigenvalue weighted by Crippen LogP contribution is -2.32. The van der Waals surface area contributed by atoms with Crippen LogP contribution in [0.2, 0.25) is 0 Å². The van der Waals surface area contributed by atoms with Crippen LogP contribution in [0, 0.1) is 0 Å².